The molecule has 0 fully saturated rings. The van der Waals surface area contributed by atoms with Gasteiger partial charge in [0, 0.05) is 16.9 Å². The highest BCUT2D eigenvalue weighted by molar-refractivity contribution is 7.12. The number of anilines is 2. The molecule has 0 aliphatic rings. The van der Waals surface area contributed by atoms with Crippen LogP contribution in [0.15, 0.2) is 60.0 Å². The number of hydrogen-bond acceptors (Lipinski definition) is 4. The number of carbonyl (C=O) groups excluding carboxylic acids is 2. The van der Waals surface area contributed by atoms with E-state index in [9.17, 15) is 18.4 Å². The van der Waals surface area contributed by atoms with E-state index in [0.717, 1.165) is 0 Å². The fraction of sp³-hybridized carbons (Fsp3) is 0.0526. The van der Waals surface area contributed by atoms with Gasteiger partial charge in [-0.25, -0.2) is 0 Å². The molecule has 5 nitrogen and oxygen atoms in total. The van der Waals surface area contributed by atoms with Crippen LogP contribution in [0.4, 0.5) is 20.2 Å². The first-order chi connectivity index (χ1) is 13.4. The van der Waals surface area contributed by atoms with Crippen molar-refractivity contribution in [1.82, 2.24) is 0 Å². The molecule has 0 atom stereocenters. The summed E-state index contributed by atoms with van der Waals surface area (Å²) in [7, 11) is 0. The molecule has 1 heterocycles. The van der Waals surface area contributed by atoms with E-state index in [1.165, 1.54) is 29.5 Å². The van der Waals surface area contributed by atoms with Gasteiger partial charge >= 0.3 is 6.61 Å². The molecule has 0 unspecified atom stereocenters. The van der Waals surface area contributed by atoms with Crippen molar-refractivity contribution in [3.63, 3.8) is 0 Å². The van der Waals surface area contributed by atoms with Crippen LogP contribution in [-0.4, -0.2) is 18.4 Å². The second-order valence-electron chi connectivity index (χ2n) is 5.49. The molecule has 0 saturated carbocycles. The molecule has 144 valence electrons. The lowest BCUT2D eigenvalue weighted by Gasteiger charge is -2.10. The quantitative estimate of drug-likeness (QED) is 0.550. The van der Waals surface area contributed by atoms with Crippen LogP contribution in [0.5, 0.6) is 5.75 Å². The summed E-state index contributed by atoms with van der Waals surface area (Å²) in [5.41, 5.74) is 1.22. The van der Waals surface area contributed by atoms with Gasteiger partial charge in [0.2, 0.25) is 0 Å². The Morgan fingerprint density at radius 1 is 0.964 bits per heavy atom. The molecule has 0 bridgehead atoms. The van der Waals surface area contributed by atoms with E-state index in [4.69, 9.17) is 11.6 Å². The third-order valence-corrected chi connectivity index (χ3v) is 4.72. The zero-order chi connectivity index (χ0) is 20.1. The van der Waals surface area contributed by atoms with Crippen LogP contribution in [0.25, 0.3) is 0 Å². The second kappa shape index (κ2) is 8.81. The molecule has 3 rings (SSSR count). The van der Waals surface area contributed by atoms with Crippen molar-refractivity contribution in [2.24, 2.45) is 0 Å². The largest absolute Gasteiger partial charge is 0.433 e. The summed E-state index contributed by atoms with van der Waals surface area (Å²) in [6.45, 7) is -2.99. The average molecular weight is 423 g/mol. The lowest BCUT2D eigenvalue weighted by atomic mass is 10.2. The number of alkyl halides is 2. The van der Waals surface area contributed by atoms with Crippen molar-refractivity contribution in [2.75, 3.05) is 10.6 Å². The number of benzene rings is 2. The Hall–Kier alpha value is -2.97. The van der Waals surface area contributed by atoms with E-state index < -0.39 is 12.5 Å². The van der Waals surface area contributed by atoms with Crippen LogP contribution in [0.1, 0.15) is 20.0 Å². The van der Waals surface area contributed by atoms with E-state index in [0.29, 0.717) is 21.8 Å². The maximum atomic E-state index is 12.3. The van der Waals surface area contributed by atoms with E-state index >= 15 is 0 Å². The molecule has 9 heteroatoms. The maximum absolute atomic E-state index is 12.3. The highest BCUT2D eigenvalue weighted by Gasteiger charge is 2.12. The van der Waals surface area contributed by atoms with Crippen LogP contribution in [0.2, 0.25) is 5.02 Å². The van der Waals surface area contributed by atoms with Gasteiger partial charge in [0.1, 0.15) is 5.75 Å². The number of nitrogens with one attached hydrogen (secondary N) is 2. The van der Waals surface area contributed by atoms with Crippen LogP contribution in [0, 0.1) is 0 Å². The van der Waals surface area contributed by atoms with Gasteiger partial charge in [0.15, 0.2) is 0 Å². The number of ether oxygens (including phenoxy) is 1. The predicted molar refractivity (Wildman–Crippen MR) is 105 cm³/mol. The number of carbonyl (C=O) groups is 2. The Labute approximate surface area is 167 Å². The summed E-state index contributed by atoms with van der Waals surface area (Å²) < 4.78 is 28.7. The van der Waals surface area contributed by atoms with Crippen molar-refractivity contribution in [1.29, 1.82) is 0 Å². The van der Waals surface area contributed by atoms with Crippen LogP contribution >= 0.6 is 22.9 Å². The SMILES string of the molecule is O=C(Nc1ccc(OC(F)F)c(Cl)c1)c1ccc(NC(=O)c2cccs2)cc1. The first-order valence-electron chi connectivity index (χ1n) is 7.93. The molecule has 0 aliphatic heterocycles. The summed E-state index contributed by atoms with van der Waals surface area (Å²) in [6.07, 6.45) is 0. The standard InChI is InChI=1S/C19H13ClF2N2O3S/c20-14-10-13(7-8-15(14)27-19(21)22)24-17(25)11-3-5-12(6-4-11)23-18(26)16-2-1-9-28-16/h1-10,19H,(H,23,26)(H,24,25). The van der Waals surface area contributed by atoms with Crippen molar-refractivity contribution >= 4 is 46.1 Å². The van der Waals surface area contributed by atoms with Crippen molar-refractivity contribution in [3.05, 3.63) is 75.4 Å². The summed E-state index contributed by atoms with van der Waals surface area (Å²) in [6, 6.07) is 13.8. The van der Waals surface area contributed by atoms with E-state index in [1.807, 2.05) is 0 Å². The van der Waals surface area contributed by atoms with Gasteiger partial charge in [-0.05, 0) is 53.9 Å². The monoisotopic (exact) mass is 422 g/mol. The minimum atomic E-state index is -2.99. The Kier molecular flexibility index (Phi) is 6.23. The number of thiophene rings is 1. The predicted octanol–water partition coefficient (Wildman–Crippen LogP) is 5.51. The number of halogens is 3. The van der Waals surface area contributed by atoms with Crippen LogP contribution in [-0.2, 0) is 0 Å². The van der Waals surface area contributed by atoms with Gasteiger partial charge in [0.05, 0.1) is 9.90 Å². The van der Waals surface area contributed by atoms with Crippen molar-refractivity contribution < 1.29 is 23.1 Å². The van der Waals surface area contributed by atoms with Gasteiger partial charge in [-0.15, -0.1) is 11.3 Å². The van der Waals surface area contributed by atoms with Gasteiger partial charge in [-0.2, -0.15) is 8.78 Å². The fourth-order valence-electron chi connectivity index (χ4n) is 2.28. The fourth-order valence-corrected chi connectivity index (χ4v) is 3.12. The molecule has 2 aromatic carbocycles. The van der Waals surface area contributed by atoms with E-state index in [2.05, 4.69) is 15.4 Å². The van der Waals surface area contributed by atoms with Gasteiger partial charge in [0.25, 0.3) is 11.8 Å². The Morgan fingerprint density at radius 3 is 2.25 bits per heavy atom. The second-order valence-corrected chi connectivity index (χ2v) is 6.84. The maximum Gasteiger partial charge on any atom is 0.387 e. The summed E-state index contributed by atoms with van der Waals surface area (Å²) in [5.74, 6) is -0.830. The highest BCUT2D eigenvalue weighted by Crippen LogP contribution is 2.29. The lowest BCUT2D eigenvalue weighted by molar-refractivity contribution is -0.0497. The van der Waals surface area contributed by atoms with Crippen LogP contribution in [0.3, 0.4) is 0 Å². The lowest BCUT2D eigenvalue weighted by Crippen LogP contribution is -2.13. The zero-order valence-electron chi connectivity index (χ0n) is 14.1. The number of rotatable bonds is 6. The Balaban J connectivity index is 1.63. The molecule has 1 aromatic heterocycles. The molecule has 28 heavy (non-hydrogen) atoms. The number of hydrogen-bond donors (Lipinski definition) is 2. The molecular formula is C19H13ClF2N2O3S. The summed E-state index contributed by atoms with van der Waals surface area (Å²) >= 11 is 7.19. The number of amides is 2. The molecule has 0 aliphatic carbocycles. The van der Waals surface area contributed by atoms with E-state index in [-0.39, 0.29) is 16.7 Å². The minimum absolute atomic E-state index is 0.0512. The normalized spacial score (nSPS) is 10.6. The molecule has 3 aromatic rings. The third kappa shape index (κ3) is 5.05. The molecular weight excluding hydrogens is 410 g/mol. The minimum Gasteiger partial charge on any atom is -0.433 e. The summed E-state index contributed by atoms with van der Waals surface area (Å²) in [4.78, 5) is 24.9. The highest BCUT2D eigenvalue weighted by atomic mass is 35.5. The average Bonchev–Trinajstić information content (AvgIpc) is 3.19. The topological polar surface area (TPSA) is 67.4 Å². The molecule has 2 N–H and O–H groups in total. The molecule has 0 spiro atoms. The van der Waals surface area contributed by atoms with Gasteiger partial charge < -0.3 is 15.4 Å². The first-order valence-corrected chi connectivity index (χ1v) is 9.19. The smallest absolute Gasteiger partial charge is 0.387 e. The van der Waals surface area contributed by atoms with Crippen molar-refractivity contribution in [3.8, 4) is 5.75 Å². The van der Waals surface area contributed by atoms with Crippen LogP contribution < -0.4 is 15.4 Å². The first kappa shape index (κ1) is 19.8. The Bertz CT molecular complexity index is 979. The molecule has 0 saturated heterocycles. The van der Waals surface area contributed by atoms with Gasteiger partial charge in [-0.1, -0.05) is 17.7 Å². The Morgan fingerprint density at radius 2 is 1.64 bits per heavy atom. The van der Waals surface area contributed by atoms with E-state index in [1.54, 1.807) is 41.8 Å². The zero-order valence-corrected chi connectivity index (χ0v) is 15.7. The third-order valence-electron chi connectivity index (χ3n) is 3.56. The molecule has 2 amide bonds. The van der Waals surface area contributed by atoms with Gasteiger partial charge in [-0.3, -0.25) is 9.59 Å². The van der Waals surface area contributed by atoms with Crippen molar-refractivity contribution in [2.45, 2.75) is 6.61 Å². The molecule has 0 radical (unpaired) electrons. The summed E-state index contributed by atoms with van der Waals surface area (Å²) in [5, 5.41) is 7.10.